The molecule has 222 valence electrons. The summed E-state index contributed by atoms with van der Waals surface area (Å²) in [5, 5.41) is 13.7. The number of rotatable bonds is 13. The molecule has 0 bridgehead atoms. The van der Waals surface area contributed by atoms with Gasteiger partial charge < -0.3 is 19.0 Å². The minimum Gasteiger partial charge on any atom is -0.468 e. The van der Waals surface area contributed by atoms with Crippen molar-refractivity contribution in [3.8, 4) is 0 Å². The molecule has 0 spiro atoms. The van der Waals surface area contributed by atoms with Crippen molar-refractivity contribution in [3.05, 3.63) is 96.6 Å². The number of benzene rings is 3. The number of ether oxygens (including phenoxy) is 2. The van der Waals surface area contributed by atoms with Gasteiger partial charge in [-0.2, -0.15) is 0 Å². The van der Waals surface area contributed by atoms with E-state index in [0.717, 1.165) is 5.56 Å². The summed E-state index contributed by atoms with van der Waals surface area (Å²) in [6, 6.07) is 31.1. The Morgan fingerprint density at radius 3 is 1.76 bits per heavy atom. The van der Waals surface area contributed by atoms with E-state index >= 15 is 0 Å². The van der Waals surface area contributed by atoms with Gasteiger partial charge in [0.25, 0.3) is 8.32 Å². The molecule has 3 aromatic carbocycles. The Bertz CT molecular complexity index is 1170. The molecule has 0 saturated carbocycles. The zero-order chi connectivity index (χ0) is 30.3. The largest absolute Gasteiger partial charge is 0.468 e. The summed E-state index contributed by atoms with van der Waals surface area (Å²) in [5.74, 6) is -1.05. The number of alkyl halides is 1. The van der Waals surface area contributed by atoms with E-state index in [1.54, 1.807) is 6.92 Å². The molecule has 41 heavy (non-hydrogen) atoms. The molecular weight excluding hydrogens is 596 g/mol. The summed E-state index contributed by atoms with van der Waals surface area (Å²) >= 11 is 3.44. The van der Waals surface area contributed by atoms with Crippen LogP contribution in [0, 0.1) is 11.8 Å². The predicted octanol–water partition coefficient (Wildman–Crippen LogP) is 6.11. The monoisotopic (exact) mass is 640 g/mol. The van der Waals surface area contributed by atoms with E-state index in [-0.39, 0.29) is 11.0 Å². The first kappa shape index (κ1) is 33.2. The number of aliphatic hydroxyl groups excluding tert-OH is 1. The summed E-state index contributed by atoms with van der Waals surface area (Å²) in [5.41, 5.74) is 1.04. The quantitative estimate of drug-likeness (QED) is 0.139. The van der Waals surface area contributed by atoms with E-state index in [2.05, 4.69) is 92.2 Å². The van der Waals surface area contributed by atoms with Crippen LogP contribution in [0.1, 0.15) is 47.1 Å². The van der Waals surface area contributed by atoms with Crippen LogP contribution in [0.25, 0.3) is 0 Å². The molecule has 1 N–H and O–H groups in total. The maximum absolute atomic E-state index is 12.5. The second kappa shape index (κ2) is 14.3. The van der Waals surface area contributed by atoms with E-state index in [9.17, 15) is 9.90 Å². The van der Waals surface area contributed by atoms with E-state index in [1.165, 1.54) is 17.5 Å². The molecule has 0 fully saturated rings. The highest BCUT2D eigenvalue weighted by molar-refractivity contribution is 9.10. The van der Waals surface area contributed by atoms with E-state index < -0.39 is 36.7 Å². The third kappa shape index (κ3) is 7.57. The molecule has 0 saturated heterocycles. The lowest BCUT2D eigenvalue weighted by molar-refractivity contribution is -0.149. The van der Waals surface area contributed by atoms with Gasteiger partial charge in [0, 0.05) is 18.4 Å². The fraction of sp³-hybridized carbons (Fsp3) is 0.441. The molecule has 1 unspecified atom stereocenters. The van der Waals surface area contributed by atoms with Crippen molar-refractivity contribution in [3.63, 3.8) is 0 Å². The Morgan fingerprint density at radius 1 is 0.854 bits per heavy atom. The van der Waals surface area contributed by atoms with Gasteiger partial charge in [-0.25, -0.2) is 0 Å². The van der Waals surface area contributed by atoms with Crippen molar-refractivity contribution < 1.29 is 23.8 Å². The number of halogens is 1. The van der Waals surface area contributed by atoms with Crippen molar-refractivity contribution in [2.45, 2.75) is 69.7 Å². The van der Waals surface area contributed by atoms with Crippen LogP contribution in [0.15, 0.2) is 91.0 Å². The van der Waals surface area contributed by atoms with Gasteiger partial charge in [0.1, 0.15) is 4.32 Å². The summed E-state index contributed by atoms with van der Waals surface area (Å²) in [4.78, 5) is 12.5. The van der Waals surface area contributed by atoms with Gasteiger partial charge in [0.15, 0.2) is 0 Å². The average molecular weight is 642 g/mol. The van der Waals surface area contributed by atoms with Crippen LogP contribution in [0.3, 0.4) is 0 Å². The molecule has 3 aromatic rings. The van der Waals surface area contributed by atoms with Gasteiger partial charge >= 0.3 is 5.97 Å². The summed E-state index contributed by atoms with van der Waals surface area (Å²) < 4.78 is 17.5. The van der Waals surface area contributed by atoms with Crippen molar-refractivity contribution in [2.24, 2.45) is 11.8 Å². The SMILES string of the molecule is COC(=O)C(C)(Br)[C@@H](O)[C@H](C)[C@H](OCc1ccccc1)[C@@H](C)CO[Si](c1ccccc1)(c1ccccc1)C(C)(C)C. The molecule has 0 aliphatic heterocycles. The number of carbonyl (C=O) groups excluding carboxylic acids is 1. The topological polar surface area (TPSA) is 65.0 Å². The lowest BCUT2D eigenvalue weighted by Gasteiger charge is -2.44. The molecule has 3 rings (SSSR count). The summed E-state index contributed by atoms with van der Waals surface area (Å²) in [6.45, 7) is 13.2. The number of methoxy groups -OCH3 is 1. The second-order valence-electron chi connectivity index (χ2n) is 12.1. The summed E-state index contributed by atoms with van der Waals surface area (Å²) in [7, 11) is -1.45. The Labute approximate surface area is 255 Å². The van der Waals surface area contributed by atoms with E-state index in [1.807, 2.05) is 49.4 Å². The number of hydrogen-bond donors (Lipinski definition) is 1. The van der Waals surface area contributed by atoms with Crippen LogP contribution in [-0.4, -0.2) is 49.6 Å². The number of hydrogen-bond acceptors (Lipinski definition) is 5. The number of esters is 1. The summed E-state index contributed by atoms with van der Waals surface area (Å²) in [6.07, 6.45) is -1.48. The number of aliphatic hydroxyl groups is 1. The van der Waals surface area contributed by atoms with Gasteiger partial charge in [-0.05, 0) is 27.9 Å². The molecular formula is C34H45BrO5Si. The van der Waals surface area contributed by atoms with Crippen LogP contribution in [-0.2, 0) is 25.3 Å². The van der Waals surface area contributed by atoms with Crippen LogP contribution in [0.2, 0.25) is 5.04 Å². The fourth-order valence-electron chi connectivity index (χ4n) is 5.71. The first-order valence-corrected chi connectivity index (χ1v) is 16.9. The normalized spacial score (nSPS) is 16.7. The molecule has 0 aliphatic carbocycles. The molecule has 0 amide bonds. The van der Waals surface area contributed by atoms with Crippen molar-refractivity contribution >= 4 is 40.6 Å². The Balaban J connectivity index is 1.98. The van der Waals surface area contributed by atoms with E-state index in [0.29, 0.717) is 13.2 Å². The lowest BCUT2D eigenvalue weighted by Crippen LogP contribution is -2.67. The molecule has 5 nitrogen and oxygen atoms in total. The molecule has 0 heterocycles. The Kier molecular flexibility index (Phi) is 11.5. The van der Waals surface area contributed by atoms with Crippen LogP contribution in [0.4, 0.5) is 0 Å². The third-order valence-corrected chi connectivity index (χ3v) is 13.8. The van der Waals surface area contributed by atoms with Gasteiger partial charge in [-0.3, -0.25) is 4.79 Å². The smallest absolute Gasteiger partial charge is 0.325 e. The fourth-order valence-corrected chi connectivity index (χ4v) is 11.0. The highest BCUT2D eigenvalue weighted by Crippen LogP contribution is 2.38. The van der Waals surface area contributed by atoms with Crippen molar-refractivity contribution in [1.29, 1.82) is 0 Å². The van der Waals surface area contributed by atoms with Gasteiger partial charge in [-0.15, -0.1) is 0 Å². The zero-order valence-corrected chi connectivity index (χ0v) is 27.9. The first-order chi connectivity index (χ1) is 19.4. The Hall–Kier alpha value is -2.29. The molecule has 0 radical (unpaired) electrons. The highest BCUT2D eigenvalue weighted by Gasteiger charge is 2.51. The predicted molar refractivity (Wildman–Crippen MR) is 172 cm³/mol. The van der Waals surface area contributed by atoms with Crippen LogP contribution < -0.4 is 10.4 Å². The van der Waals surface area contributed by atoms with Gasteiger partial charge in [-0.1, -0.05) is 142 Å². The minimum absolute atomic E-state index is 0.106. The number of carbonyl (C=O) groups is 1. The van der Waals surface area contributed by atoms with Gasteiger partial charge in [0.2, 0.25) is 0 Å². The van der Waals surface area contributed by atoms with Crippen molar-refractivity contribution in [2.75, 3.05) is 13.7 Å². The van der Waals surface area contributed by atoms with Crippen LogP contribution >= 0.6 is 15.9 Å². The molecule has 0 aliphatic rings. The molecule has 0 aromatic heterocycles. The molecule has 7 heteroatoms. The average Bonchev–Trinajstić information content (AvgIpc) is 2.97. The first-order valence-electron chi connectivity index (χ1n) is 14.2. The molecule has 5 atom stereocenters. The van der Waals surface area contributed by atoms with Crippen molar-refractivity contribution in [1.82, 2.24) is 0 Å². The maximum atomic E-state index is 12.5. The Morgan fingerprint density at radius 2 is 1.32 bits per heavy atom. The van der Waals surface area contributed by atoms with Crippen LogP contribution in [0.5, 0.6) is 0 Å². The minimum atomic E-state index is -2.77. The zero-order valence-electron chi connectivity index (χ0n) is 25.3. The maximum Gasteiger partial charge on any atom is 0.325 e. The third-order valence-electron chi connectivity index (χ3n) is 7.98. The van der Waals surface area contributed by atoms with E-state index in [4.69, 9.17) is 13.9 Å². The van der Waals surface area contributed by atoms with Gasteiger partial charge in [0.05, 0.1) is 25.9 Å². The highest BCUT2D eigenvalue weighted by atomic mass is 79.9. The standard InChI is InChI=1S/C34H45BrO5Si/c1-25(23-40-41(33(3,4)5,28-19-13-9-14-20-28)29-21-15-10-16-22-29)30(39-24-27-17-11-8-12-18-27)26(2)31(36)34(6,35)32(37)38-7/h8-22,25-26,30-31,36H,23-24H2,1-7H3/t25-,26+,30+,31-,34?/m0/s1. The lowest BCUT2D eigenvalue weighted by atomic mass is 9.84. The second-order valence-corrected chi connectivity index (χ2v) is 18.0.